The molecule has 0 saturated carbocycles. The second kappa shape index (κ2) is 7.15. The second-order valence-corrected chi connectivity index (χ2v) is 5.17. The Labute approximate surface area is 120 Å². The summed E-state index contributed by atoms with van der Waals surface area (Å²) < 4.78 is 16.8. The second-order valence-electron chi connectivity index (χ2n) is 5.17. The van der Waals surface area contributed by atoms with Gasteiger partial charge in [0.1, 0.15) is 5.60 Å². The summed E-state index contributed by atoms with van der Waals surface area (Å²) in [6.45, 7) is 9.07. The Morgan fingerprint density at radius 3 is 2.75 bits per heavy atom. The fourth-order valence-corrected chi connectivity index (χ4v) is 2.45. The normalized spacial score (nSPS) is 19.9. The van der Waals surface area contributed by atoms with E-state index in [1.54, 1.807) is 0 Å². The van der Waals surface area contributed by atoms with Crippen molar-refractivity contribution in [3.05, 3.63) is 11.7 Å². The molecule has 0 bridgehead atoms. The highest BCUT2D eigenvalue weighted by Crippen LogP contribution is 2.34. The molecule has 1 aromatic rings. The van der Waals surface area contributed by atoms with E-state index in [0.717, 1.165) is 25.8 Å². The van der Waals surface area contributed by atoms with E-state index < -0.39 is 5.60 Å². The van der Waals surface area contributed by atoms with Crippen molar-refractivity contribution in [2.24, 2.45) is 0 Å². The van der Waals surface area contributed by atoms with Crippen LogP contribution in [0.4, 0.5) is 0 Å². The molecule has 0 aliphatic carbocycles. The minimum absolute atomic E-state index is 0.0646. The maximum Gasteiger partial charge on any atom is 0.243 e. The predicted octanol–water partition coefficient (Wildman–Crippen LogP) is 2.17. The summed E-state index contributed by atoms with van der Waals surface area (Å²) in [6.07, 6.45) is 2.62. The lowest BCUT2D eigenvalue weighted by atomic mass is 9.93. The molecule has 1 aromatic heterocycles. The molecule has 1 aliphatic heterocycles. The molecule has 114 valence electrons. The summed E-state index contributed by atoms with van der Waals surface area (Å²) in [5.41, 5.74) is -0.445. The van der Waals surface area contributed by atoms with Crippen molar-refractivity contribution in [3.8, 4) is 0 Å². The van der Waals surface area contributed by atoms with Crippen molar-refractivity contribution in [2.75, 3.05) is 26.4 Å². The summed E-state index contributed by atoms with van der Waals surface area (Å²) in [5, 5.41) is 7.50. The first-order valence-electron chi connectivity index (χ1n) is 7.51. The maximum absolute atomic E-state index is 5.95. The van der Waals surface area contributed by atoms with E-state index >= 15 is 0 Å². The van der Waals surface area contributed by atoms with Crippen LogP contribution in [0.3, 0.4) is 0 Å². The summed E-state index contributed by atoms with van der Waals surface area (Å²) in [4.78, 5) is 4.56. The highest BCUT2D eigenvalue weighted by atomic mass is 16.5. The molecule has 20 heavy (non-hydrogen) atoms. The van der Waals surface area contributed by atoms with Crippen molar-refractivity contribution in [1.29, 1.82) is 0 Å². The standard InChI is InChI=1S/C14H25N3O3/c1-4-8-15-11(3)12-16-13(17-20-12)14(19-5-2)6-9-18-10-7-14/h11,15H,4-10H2,1-3H3. The van der Waals surface area contributed by atoms with Crippen LogP contribution in [-0.2, 0) is 15.1 Å². The molecule has 1 saturated heterocycles. The van der Waals surface area contributed by atoms with Crippen LogP contribution in [0.15, 0.2) is 4.52 Å². The number of hydrogen-bond acceptors (Lipinski definition) is 6. The third-order valence-electron chi connectivity index (χ3n) is 3.64. The number of ether oxygens (including phenoxy) is 2. The van der Waals surface area contributed by atoms with Gasteiger partial charge in [-0.25, -0.2) is 0 Å². The lowest BCUT2D eigenvalue weighted by Gasteiger charge is -2.33. The monoisotopic (exact) mass is 283 g/mol. The zero-order valence-corrected chi connectivity index (χ0v) is 12.6. The number of hydrogen-bond donors (Lipinski definition) is 1. The molecule has 1 aliphatic rings. The molecule has 1 unspecified atom stereocenters. The Morgan fingerprint density at radius 1 is 1.35 bits per heavy atom. The van der Waals surface area contributed by atoms with E-state index in [0.29, 0.717) is 31.5 Å². The van der Waals surface area contributed by atoms with Crippen molar-refractivity contribution in [1.82, 2.24) is 15.5 Å². The van der Waals surface area contributed by atoms with E-state index in [1.165, 1.54) is 0 Å². The van der Waals surface area contributed by atoms with E-state index in [-0.39, 0.29) is 6.04 Å². The third kappa shape index (κ3) is 3.37. The lowest BCUT2D eigenvalue weighted by Crippen LogP contribution is -2.37. The highest BCUT2D eigenvalue weighted by molar-refractivity contribution is 5.04. The summed E-state index contributed by atoms with van der Waals surface area (Å²) in [5.74, 6) is 1.28. The first-order chi connectivity index (χ1) is 9.72. The fourth-order valence-electron chi connectivity index (χ4n) is 2.45. The fraction of sp³-hybridized carbons (Fsp3) is 0.857. The Hall–Kier alpha value is -0.980. The largest absolute Gasteiger partial charge is 0.381 e. The molecule has 1 N–H and O–H groups in total. The van der Waals surface area contributed by atoms with E-state index in [2.05, 4.69) is 22.4 Å². The summed E-state index contributed by atoms with van der Waals surface area (Å²) >= 11 is 0. The van der Waals surface area contributed by atoms with E-state index in [9.17, 15) is 0 Å². The highest BCUT2D eigenvalue weighted by Gasteiger charge is 2.40. The average molecular weight is 283 g/mol. The molecule has 2 heterocycles. The Balaban J connectivity index is 2.12. The first kappa shape index (κ1) is 15.4. The van der Waals surface area contributed by atoms with Crippen LogP contribution in [0.1, 0.15) is 57.8 Å². The van der Waals surface area contributed by atoms with Crippen LogP contribution in [0.25, 0.3) is 0 Å². The third-order valence-corrected chi connectivity index (χ3v) is 3.64. The SMILES string of the molecule is CCCNC(C)c1nc(C2(OCC)CCOCC2)no1. The quantitative estimate of drug-likeness (QED) is 0.827. The van der Waals surface area contributed by atoms with Gasteiger partial charge in [-0.1, -0.05) is 12.1 Å². The van der Waals surface area contributed by atoms with Crippen LogP contribution >= 0.6 is 0 Å². The number of aromatic nitrogens is 2. The summed E-state index contributed by atoms with van der Waals surface area (Å²) in [7, 11) is 0. The Morgan fingerprint density at radius 2 is 2.10 bits per heavy atom. The van der Waals surface area contributed by atoms with Gasteiger partial charge in [0.2, 0.25) is 11.7 Å². The minimum Gasteiger partial charge on any atom is -0.381 e. The molecule has 1 atom stereocenters. The zero-order chi connectivity index (χ0) is 14.4. The van der Waals surface area contributed by atoms with Gasteiger partial charge >= 0.3 is 0 Å². The smallest absolute Gasteiger partial charge is 0.243 e. The number of nitrogens with zero attached hydrogens (tertiary/aromatic N) is 2. The zero-order valence-electron chi connectivity index (χ0n) is 12.6. The van der Waals surface area contributed by atoms with E-state index in [1.807, 2.05) is 13.8 Å². The van der Waals surface area contributed by atoms with E-state index in [4.69, 9.17) is 14.0 Å². The van der Waals surface area contributed by atoms with Crippen LogP contribution < -0.4 is 5.32 Å². The molecule has 0 amide bonds. The molecule has 6 heteroatoms. The number of nitrogens with one attached hydrogen (secondary N) is 1. The van der Waals surface area contributed by atoms with Gasteiger partial charge in [-0.15, -0.1) is 0 Å². The van der Waals surface area contributed by atoms with Gasteiger partial charge < -0.3 is 19.3 Å². The molecule has 6 nitrogen and oxygen atoms in total. The van der Waals surface area contributed by atoms with Gasteiger partial charge in [0.25, 0.3) is 0 Å². The number of rotatable bonds is 7. The van der Waals surface area contributed by atoms with Crippen molar-refractivity contribution >= 4 is 0 Å². The first-order valence-corrected chi connectivity index (χ1v) is 7.51. The van der Waals surface area contributed by atoms with Crippen LogP contribution in [-0.4, -0.2) is 36.5 Å². The van der Waals surface area contributed by atoms with Gasteiger partial charge in [-0.05, 0) is 26.8 Å². The van der Waals surface area contributed by atoms with Gasteiger partial charge in [0, 0.05) is 32.7 Å². The molecular formula is C14H25N3O3. The Kier molecular flexibility index (Phi) is 5.51. The minimum atomic E-state index is -0.445. The summed E-state index contributed by atoms with van der Waals surface area (Å²) in [6, 6.07) is 0.0646. The average Bonchev–Trinajstić information content (AvgIpc) is 2.96. The molecule has 0 aromatic carbocycles. The van der Waals surface area contributed by atoms with Crippen molar-refractivity contribution < 1.29 is 14.0 Å². The van der Waals surface area contributed by atoms with Gasteiger partial charge in [-0.2, -0.15) is 4.98 Å². The van der Waals surface area contributed by atoms with Crippen LogP contribution in [0.2, 0.25) is 0 Å². The van der Waals surface area contributed by atoms with Crippen molar-refractivity contribution in [2.45, 2.75) is 51.7 Å². The molecular weight excluding hydrogens is 258 g/mol. The molecule has 1 fully saturated rings. The van der Waals surface area contributed by atoms with Gasteiger partial charge in [0.05, 0.1) is 6.04 Å². The van der Waals surface area contributed by atoms with Gasteiger partial charge in [-0.3, -0.25) is 0 Å². The maximum atomic E-state index is 5.95. The molecule has 2 rings (SSSR count). The topological polar surface area (TPSA) is 69.4 Å². The molecule has 0 radical (unpaired) electrons. The van der Waals surface area contributed by atoms with Gasteiger partial charge in [0.15, 0.2) is 0 Å². The van der Waals surface area contributed by atoms with Crippen LogP contribution in [0.5, 0.6) is 0 Å². The molecule has 0 spiro atoms. The lowest BCUT2D eigenvalue weighted by molar-refractivity contribution is -0.118. The predicted molar refractivity (Wildman–Crippen MR) is 74.4 cm³/mol. The van der Waals surface area contributed by atoms with Crippen molar-refractivity contribution in [3.63, 3.8) is 0 Å². The Bertz CT molecular complexity index is 397. The van der Waals surface area contributed by atoms with Crippen LogP contribution in [0, 0.1) is 0 Å².